The molecule has 0 aliphatic heterocycles. The molecule has 0 unspecified atom stereocenters. The van der Waals surface area contributed by atoms with E-state index in [1.165, 1.54) is 6.07 Å². The molecule has 21 heavy (non-hydrogen) atoms. The van der Waals surface area contributed by atoms with E-state index in [1.807, 2.05) is 0 Å². The topological polar surface area (TPSA) is 142 Å². The number of guanidine groups is 1. The summed E-state index contributed by atoms with van der Waals surface area (Å²) in [5.74, 6) is -1.80. The lowest BCUT2D eigenvalue weighted by Crippen LogP contribution is -2.25. The fraction of sp³-hybridized carbons (Fsp3) is 0.273. The Morgan fingerprint density at radius 3 is 2.29 bits per heavy atom. The molecule has 0 fully saturated rings. The maximum Gasteiger partial charge on any atom is 0.280 e. The van der Waals surface area contributed by atoms with E-state index in [4.69, 9.17) is 16.6 Å². The predicted molar refractivity (Wildman–Crippen MR) is 72.3 cm³/mol. The molecule has 0 aliphatic rings. The van der Waals surface area contributed by atoms with E-state index in [2.05, 4.69) is 4.99 Å². The zero-order chi connectivity index (χ0) is 16.4. The summed E-state index contributed by atoms with van der Waals surface area (Å²) < 4.78 is 49.7. The molecule has 0 aliphatic carbocycles. The van der Waals surface area contributed by atoms with Gasteiger partial charge in [-0.3, -0.25) is 4.79 Å². The minimum absolute atomic E-state index is 0.0778. The molecule has 10 heteroatoms. The van der Waals surface area contributed by atoms with Crippen LogP contribution in [0.15, 0.2) is 22.0 Å². The summed E-state index contributed by atoms with van der Waals surface area (Å²) >= 11 is 0. The third-order valence-electron chi connectivity index (χ3n) is 2.62. The maximum absolute atomic E-state index is 13.2. The number of aliphatic imine (C=N–C) groups is 1. The molecule has 116 valence electrons. The van der Waals surface area contributed by atoms with Crippen LogP contribution in [0.2, 0.25) is 0 Å². The highest BCUT2D eigenvalue weighted by molar-refractivity contribution is 7.89. The van der Waals surface area contributed by atoms with E-state index < -0.39 is 44.3 Å². The van der Waals surface area contributed by atoms with Crippen molar-refractivity contribution in [2.45, 2.75) is 24.7 Å². The van der Waals surface area contributed by atoms with Crippen LogP contribution in [0.1, 0.15) is 34.8 Å². The third kappa shape index (κ3) is 3.73. The van der Waals surface area contributed by atoms with Gasteiger partial charge in [-0.25, -0.2) is 22.3 Å². The smallest absolute Gasteiger partial charge is 0.280 e. The predicted octanol–water partition coefficient (Wildman–Crippen LogP) is 0.248. The Bertz CT molecular complexity index is 698. The number of rotatable bonds is 4. The number of aryl methyl sites for hydroxylation is 1. The van der Waals surface area contributed by atoms with Gasteiger partial charge in [-0.05, 0) is 18.1 Å². The van der Waals surface area contributed by atoms with Crippen molar-refractivity contribution in [3.05, 3.63) is 28.8 Å². The summed E-state index contributed by atoms with van der Waals surface area (Å²) in [6.45, 7) is 1.57. The number of carbonyl (C=O) groups is 1. The molecule has 0 atom stereocenters. The quantitative estimate of drug-likeness (QED) is 0.538. The number of nitrogens with zero attached hydrogens (tertiary/aromatic N) is 1. The first kappa shape index (κ1) is 17.0. The number of benzene rings is 1. The number of hydrogen-bond acceptors (Lipinski definition) is 3. The largest absolute Gasteiger partial charge is 0.370 e. The molecule has 0 bridgehead atoms. The van der Waals surface area contributed by atoms with Crippen LogP contribution in [0.4, 0.5) is 8.78 Å². The van der Waals surface area contributed by atoms with Crippen LogP contribution in [0, 0.1) is 0 Å². The van der Waals surface area contributed by atoms with E-state index in [-0.39, 0.29) is 12.0 Å². The Kier molecular flexibility index (Phi) is 4.97. The van der Waals surface area contributed by atoms with E-state index >= 15 is 0 Å². The molecule has 0 heterocycles. The van der Waals surface area contributed by atoms with Crippen LogP contribution in [-0.2, 0) is 16.4 Å². The molecule has 7 nitrogen and oxygen atoms in total. The minimum Gasteiger partial charge on any atom is -0.370 e. The third-order valence-corrected chi connectivity index (χ3v) is 3.67. The normalized spacial score (nSPS) is 11.5. The molecule has 1 amide bonds. The van der Waals surface area contributed by atoms with Gasteiger partial charge in [0.2, 0.25) is 10.0 Å². The van der Waals surface area contributed by atoms with Crippen molar-refractivity contribution in [3.63, 3.8) is 0 Å². The van der Waals surface area contributed by atoms with Gasteiger partial charge in [-0.2, -0.15) is 4.99 Å². The second-order valence-electron chi connectivity index (χ2n) is 4.06. The average Bonchev–Trinajstić information content (AvgIpc) is 2.34. The molecule has 1 aromatic carbocycles. The molecule has 0 radical (unpaired) electrons. The van der Waals surface area contributed by atoms with Gasteiger partial charge in [-0.15, -0.1) is 0 Å². The standard InChI is InChI=1S/C11H14F2N4O3S/c1-2-5-3-4-6(10(18)17-11(14)15)7(9(12)13)8(5)21(16,19)20/h3-4,9H,2H2,1H3,(H2,16,19,20)(H4,14,15,17,18). The van der Waals surface area contributed by atoms with E-state index in [0.717, 1.165) is 6.07 Å². The van der Waals surface area contributed by atoms with Gasteiger partial charge in [-0.1, -0.05) is 13.0 Å². The molecule has 1 aromatic rings. The summed E-state index contributed by atoms with van der Waals surface area (Å²) in [5, 5.41) is 4.98. The number of sulfonamides is 1. The SMILES string of the molecule is CCc1ccc(C(=O)N=C(N)N)c(C(F)F)c1S(N)(=O)=O. The maximum atomic E-state index is 13.2. The Morgan fingerprint density at radius 1 is 1.33 bits per heavy atom. The number of hydrogen-bond donors (Lipinski definition) is 3. The van der Waals surface area contributed by atoms with Crippen molar-refractivity contribution in [1.82, 2.24) is 0 Å². The van der Waals surface area contributed by atoms with E-state index in [0.29, 0.717) is 0 Å². The van der Waals surface area contributed by atoms with Crippen LogP contribution in [0.25, 0.3) is 0 Å². The lowest BCUT2D eigenvalue weighted by Gasteiger charge is -2.14. The van der Waals surface area contributed by atoms with E-state index in [9.17, 15) is 22.0 Å². The highest BCUT2D eigenvalue weighted by Gasteiger charge is 2.29. The zero-order valence-corrected chi connectivity index (χ0v) is 11.8. The Hall–Kier alpha value is -2.07. The first-order valence-electron chi connectivity index (χ1n) is 5.70. The first-order chi connectivity index (χ1) is 9.59. The fourth-order valence-electron chi connectivity index (χ4n) is 1.84. The van der Waals surface area contributed by atoms with Crippen molar-refractivity contribution in [2.24, 2.45) is 21.6 Å². The van der Waals surface area contributed by atoms with Gasteiger partial charge in [0.1, 0.15) is 0 Å². The fourth-order valence-corrected chi connectivity index (χ4v) is 2.92. The molecule has 6 N–H and O–H groups in total. The number of amides is 1. The highest BCUT2D eigenvalue weighted by atomic mass is 32.2. The van der Waals surface area contributed by atoms with Gasteiger partial charge in [0.25, 0.3) is 12.3 Å². The average molecular weight is 320 g/mol. The van der Waals surface area contributed by atoms with Gasteiger partial charge in [0.05, 0.1) is 16.0 Å². The molecular formula is C11H14F2N4O3S. The van der Waals surface area contributed by atoms with Crippen LogP contribution in [-0.4, -0.2) is 20.3 Å². The number of halogens is 2. The second kappa shape index (κ2) is 6.14. The number of nitrogens with two attached hydrogens (primary N) is 3. The summed E-state index contributed by atoms with van der Waals surface area (Å²) in [5.41, 5.74) is 8.50. The Balaban J connectivity index is 3.78. The Labute approximate surface area is 119 Å². The van der Waals surface area contributed by atoms with Gasteiger partial charge in [0, 0.05) is 0 Å². The lowest BCUT2D eigenvalue weighted by atomic mass is 10.0. The van der Waals surface area contributed by atoms with Crippen molar-refractivity contribution < 1.29 is 22.0 Å². The lowest BCUT2D eigenvalue weighted by molar-refractivity contribution is 0.0986. The van der Waals surface area contributed by atoms with Crippen molar-refractivity contribution in [1.29, 1.82) is 0 Å². The second-order valence-corrected chi connectivity index (χ2v) is 5.55. The monoisotopic (exact) mass is 320 g/mol. The van der Waals surface area contributed by atoms with Crippen molar-refractivity contribution in [3.8, 4) is 0 Å². The zero-order valence-electron chi connectivity index (χ0n) is 11.0. The summed E-state index contributed by atoms with van der Waals surface area (Å²) in [4.78, 5) is 14.1. The summed E-state index contributed by atoms with van der Waals surface area (Å²) in [6, 6.07) is 2.27. The van der Waals surface area contributed by atoms with Crippen LogP contribution in [0.5, 0.6) is 0 Å². The summed E-state index contributed by atoms with van der Waals surface area (Å²) in [7, 11) is -4.45. The number of alkyl halides is 2. The minimum atomic E-state index is -4.45. The van der Waals surface area contributed by atoms with Crippen molar-refractivity contribution in [2.75, 3.05) is 0 Å². The molecular weight excluding hydrogens is 306 g/mol. The van der Waals surface area contributed by atoms with Crippen molar-refractivity contribution >= 4 is 21.9 Å². The highest BCUT2D eigenvalue weighted by Crippen LogP contribution is 2.32. The molecule has 0 saturated heterocycles. The van der Waals surface area contributed by atoms with Crippen LogP contribution < -0.4 is 16.6 Å². The molecule has 1 rings (SSSR count). The van der Waals surface area contributed by atoms with Crippen LogP contribution >= 0.6 is 0 Å². The summed E-state index contributed by atoms with van der Waals surface area (Å²) in [6.07, 6.45) is -3.10. The Morgan fingerprint density at radius 2 is 1.90 bits per heavy atom. The van der Waals surface area contributed by atoms with Gasteiger partial charge >= 0.3 is 0 Å². The van der Waals surface area contributed by atoms with Gasteiger partial charge < -0.3 is 11.5 Å². The number of primary sulfonamides is 1. The molecule has 0 aromatic heterocycles. The molecule has 0 saturated carbocycles. The van der Waals surface area contributed by atoms with Gasteiger partial charge in [0.15, 0.2) is 5.96 Å². The van der Waals surface area contributed by atoms with Crippen LogP contribution in [0.3, 0.4) is 0 Å². The first-order valence-corrected chi connectivity index (χ1v) is 7.24. The number of carbonyl (C=O) groups excluding carboxylic acids is 1. The van der Waals surface area contributed by atoms with E-state index in [1.54, 1.807) is 6.92 Å². The molecule has 0 spiro atoms.